The number of carbonyl (C=O) groups is 4. The first-order valence-electron chi connectivity index (χ1n) is 8.89. The van der Waals surface area contributed by atoms with Gasteiger partial charge in [-0.3, -0.25) is 24.2 Å². The predicted octanol–water partition coefficient (Wildman–Crippen LogP) is 2.36. The van der Waals surface area contributed by atoms with Crippen molar-refractivity contribution in [3.8, 4) is 0 Å². The molecule has 1 fully saturated rings. The molecule has 1 atom stereocenters. The summed E-state index contributed by atoms with van der Waals surface area (Å²) in [6.07, 6.45) is 0. The molecule has 2 N–H and O–H groups in total. The van der Waals surface area contributed by atoms with Crippen LogP contribution in [0.15, 0.2) is 59.1 Å². The van der Waals surface area contributed by atoms with E-state index in [4.69, 9.17) is 0 Å². The third-order valence-corrected chi connectivity index (χ3v) is 5.07. The van der Waals surface area contributed by atoms with E-state index in [0.717, 1.165) is 4.90 Å². The van der Waals surface area contributed by atoms with Crippen molar-refractivity contribution in [2.75, 3.05) is 23.3 Å². The number of nitrogens with zero attached hydrogens (tertiary/aromatic N) is 2. The predicted molar refractivity (Wildman–Crippen MR) is 111 cm³/mol. The Bertz CT molecular complexity index is 951. The van der Waals surface area contributed by atoms with E-state index in [-0.39, 0.29) is 6.54 Å². The molecule has 29 heavy (non-hydrogen) atoms. The number of carbonyl (C=O) groups excluding carboxylic acids is 4. The highest BCUT2D eigenvalue weighted by molar-refractivity contribution is 9.10. The van der Waals surface area contributed by atoms with E-state index in [0.29, 0.717) is 15.8 Å². The second-order valence-corrected chi connectivity index (χ2v) is 7.25. The van der Waals surface area contributed by atoms with E-state index >= 15 is 0 Å². The fourth-order valence-electron chi connectivity index (χ4n) is 2.93. The minimum atomic E-state index is -0.712. The van der Waals surface area contributed by atoms with Crippen LogP contribution in [0.1, 0.15) is 6.92 Å². The maximum Gasteiger partial charge on any atom is 0.332 e. The molecule has 1 aliphatic heterocycles. The highest BCUT2D eigenvalue weighted by Crippen LogP contribution is 2.25. The third-order valence-electron chi connectivity index (χ3n) is 4.38. The fourth-order valence-corrected chi connectivity index (χ4v) is 3.31. The van der Waals surface area contributed by atoms with Gasteiger partial charge in [-0.1, -0.05) is 30.3 Å². The van der Waals surface area contributed by atoms with Gasteiger partial charge in [-0.05, 0) is 47.1 Å². The molecule has 0 aromatic heterocycles. The van der Waals surface area contributed by atoms with Gasteiger partial charge in [0.05, 0.1) is 12.2 Å². The number of para-hydroxylation sites is 2. The Labute approximate surface area is 176 Å². The van der Waals surface area contributed by atoms with E-state index in [2.05, 4.69) is 26.6 Å². The molecule has 0 spiro atoms. The monoisotopic (exact) mass is 458 g/mol. The number of rotatable bonds is 6. The van der Waals surface area contributed by atoms with Crippen LogP contribution in [0, 0.1) is 0 Å². The van der Waals surface area contributed by atoms with Gasteiger partial charge in [0.15, 0.2) is 0 Å². The first-order valence-corrected chi connectivity index (χ1v) is 9.68. The second-order valence-electron chi connectivity index (χ2n) is 6.39. The molecule has 1 heterocycles. The Kier molecular flexibility index (Phi) is 6.28. The smallest absolute Gasteiger partial charge is 0.332 e. The molecule has 3 rings (SSSR count). The summed E-state index contributed by atoms with van der Waals surface area (Å²) in [5.74, 6) is -1.49. The highest BCUT2D eigenvalue weighted by Gasteiger charge is 2.43. The van der Waals surface area contributed by atoms with Gasteiger partial charge in [-0.25, -0.2) is 4.79 Å². The number of anilines is 2. The number of hydrogen-bond acceptors (Lipinski definition) is 4. The minimum absolute atomic E-state index is 0.283. The molecular formula is C20H19BrN4O4. The van der Waals surface area contributed by atoms with Gasteiger partial charge in [-0.15, -0.1) is 0 Å². The topological polar surface area (TPSA) is 98.8 Å². The van der Waals surface area contributed by atoms with Crippen molar-refractivity contribution in [1.82, 2.24) is 10.2 Å². The number of benzene rings is 2. The summed E-state index contributed by atoms with van der Waals surface area (Å²) in [6, 6.07) is 14.6. The molecule has 0 aliphatic carbocycles. The highest BCUT2D eigenvalue weighted by atomic mass is 79.9. The van der Waals surface area contributed by atoms with Crippen LogP contribution in [-0.2, 0) is 14.4 Å². The molecule has 0 bridgehead atoms. The Morgan fingerprint density at radius 3 is 2.34 bits per heavy atom. The lowest BCUT2D eigenvalue weighted by Gasteiger charge is -2.19. The lowest BCUT2D eigenvalue weighted by Crippen LogP contribution is -2.43. The average Bonchev–Trinajstić information content (AvgIpc) is 2.92. The molecule has 1 saturated heterocycles. The molecule has 1 aliphatic rings. The zero-order chi connectivity index (χ0) is 21.0. The van der Waals surface area contributed by atoms with Crippen molar-refractivity contribution in [1.29, 1.82) is 0 Å². The summed E-state index contributed by atoms with van der Waals surface area (Å²) >= 11 is 3.32. The lowest BCUT2D eigenvalue weighted by atomic mass is 10.2. The minimum Gasteiger partial charge on any atom is -0.345 e. The van der Waals surface area contributed by atoms with Gasteiger partial charge < -0.3 is 10.6 Å². The molecule has 0 radical (unpaired) electrons. The average molecular weight is 459 g/mol. The summed E-state index contributed by atoms with van der Waals surface area (Å²) in [6.45, 7) is 0.873. The summed E-state index contributed by atoms with van der Waals surface area (Å²) in [5.41, 5.74) is 1.15. The molecule has 1 unspecified atom stereocenters. The number of imide groups is 1. The lowest BCUT2D eigenvalue weighted by molar-refractivity contribution is -0.132. The Morgan fingerprint density at radius 2 is 1.66 bits per heavy atom. The molecule has 9 heteroatoms. The maximum atomic E-state index is 12.6. The normalized spacial score (nSPS) is 16.1. The van der Waals surface area contributed by atoms with Crippen molar-refractivity contribution in [2.45, 2.75) is 13.0 Å². The summed E-state index contributed by atoms with van der Waals surface area (Å²) < 4.78 is 0.711. The first kappa shape index (κ1) is 20.5. The maximum absolute atomic E-state index is 12.6. The van der Waals surface area contributed by atoms with Crippen LogP contribution in [0.25, 0.3) is 0 Å². The first-order chi connectivity index (χ1) is 13.9. The largest absolute Gasteiger partial charge is 0.345 e. The van der Waals surface area contributed by atoms with E-state index in [1.54, 1.807) is 55.5 Å². The quantitative estimate of drug-likeness (QED) is 0.648. The van der Waals surface area contributed by atoms with Gasteiger partial charge in [0, 0.05) is 10.2 Å². The van der Waals surface area contributed by atoms with Crippen molar-refractivity contribution in [3.05, 3.63) is 59.1 Å². The van der Waals surface area contributed by atoms with Crippen LogP contribution >= 0.6 is 15.9 Å². The van der Waals surface area contributed by atoms with Gasteiger partial charge in [0.25, 0.3) is 5.91 Å². The Balaban J connectivity index is 1.56. The second kappa shape index (κ2) is 8.87. The Morgan fingerprint density at radius 1 is 1.00 bits per heavy atom. The number of urea groups is 1. The number of amides is 5. The van der Waals surface area contributed by atoms with Crippen molar-refractivity contribution in [2.24, 2.45) is 0 Å². The van der Waals surface area contributed by atoms with E-state index in [1.807, 2.05) is 6.07 Å². The van der Waals surface area contributed by atoms with Gasteiger partial charge in [0.1, 0.15) is 12.6 Å². The summed E-state index contributed by atoms with van der Waals surface area (Å²) in [4.78, 5) is 51.5. The van der Waals surface area contributed by atoms with Crippen LogP contribution in [-0.4, -0.2) is 47.8 Å². The van der Waals surface area contributed by atoms with Crippen molar-refractivity contribution in [3.63, 3.8) is 0 Å². The van der Waals surface area contributed by atoms with E-state index in [1.165, 1.54) is 4.90 Å². The van der Waals surface area contributed by atoms with Crippen molar-refractivity contribution >= 4 is 51.1 Å². The van der Waals surface area contributed by atoms with Crippen LogP contribution < -0.4 is 15.5 Å². The van der Waals surface area contributed by atoms with Crippen LogP contribution in [0.3, 0.4) is 0 Å². The van der Waals surface area contributed by atoms with Crippen LogP contribution in [0.5, 0.6) is 0 Å². The zero-order valence-corrected chi connectivity index (χ0v) is 17.2. The molecule has 8 nitrogen and oxygen atoms in total. The standard InChI is InChI=1S/C20H19BrN4O4/c1-13-19(28)24(20(29)25(13)14-7-3-2-4-8-14)12-18(27)22-11-17(26)23-16-10-6-5-9-15(16)21/h2-10,13H,11-12H2,1H3,(H,22,27)(H,23,26). The fraction of sp³-hybridized carbons (Fsp3) is 0.200. The van der Waals surface area contributed by atoms with Crippen LogP contribution in [0.2, 0.25) is 0 Å². The molecule has 5 amide bonds. The SMILES string of the molecule is CC1C(=O)N(CC(=O)NCC(=O)Nc2ccccc2Br)C(=O)N1c1ccccc1. The Hall–Kier alpha value is -3.20. The van der Waals surface area contributed by atoms with E-state index in [9.17, 15) is 19.2 Å². The zero-order valence-electron chi connectivity index (χ0n) is 15.6. The van der Waals surface area contributed by atoms with Gasteiger partial charge >= 0.3 is 6.03 Å². The van der Waals surface area contributed by atoms with E-state index < -0.39 is 36.3 Å². The molecular weight excluding hydrogens is 440 g/mol. The molecule has 150 valence electrons. The number of hydrogen-bond donors (Lipinski definition) is 2. The van der Waals surface area contributed by atoms with Gasteiger partial charge in [-0.2, -0.15) is 0 Å². The van der Waals surface area contributed by atoms with Crippen molar-refractivity contribution < 1.29 is 19.2 Å². The molecule has 0 saturated carbocycles. The van der Waals surface area contributed by atoms with Gasteiger partial charge in [0.2, 0.25) is 11.8 Å². The van der Waals surface area contributed by atoms with Crippen LogP contribution in [0.4, 0.5) is 16.2 Å². The molecule has 2 aromatic carbocycles. The molecule has 2 aromatic rings. The summed E-state index contributed by atoms with van der Waals surface area (Å²) in [5, 5.41) is 5.08. The number of halogens is 1. The third kappa shape index (κ3) is 4.62. The summed E-state index contributed by atoms with van der Waals surface area (Å²) in [7, 11) is 0. The number of nitrogens with one attached hydrogen (secondary N) is 2.